The number of aliphatic hydroxyl groups excluding tert-OH is 1. The molecule has 1 N–H and O–H groups in total. The van der Waals surface area contributed by atoms with Crippen molar-refractivity contribution in [3.63, 3.8) is 0 Å². The smallest absolute Gasteiger partial charge is 0.198 e. The monoisotopic (exact) mass is 349 g/mol. The molecule has 3 aromatic rings. The van der Waals surface area contributed by atoms with Crippen LogP contribution in [-0.4, -0.2) is 30.1 Å². The van der Waals surface area contributed by atoms with Crippen molar-refractivity contribution in [1.29, 1.82) is 0 Å². The molecule has 0 amide bonds. The van der Waals surface area contributed by atoms with Gasteiger partial charge in [-0.2, -0.15) is 0 Å². The first-order valence-corrected chi connectivity index (χ1v) is 8.09. The quantitative estimate of drug-likeness (QED) is 0.691. The second-order valence-electron chi connectivity index (χ2n) is 5.67. The van der Waals surface area contributed by atoms with E-state index in [2.05, 4.69) is 4.98 Å². The highest BCUT2D eigenvalue weighted by molar-refractivity contribution is 6.11. The van der Waals surface area contributed by atoms with E-state index in [0.29, 0.717) is 33.8 Å². The Bertz CT molecular complexity index is 909. The lowest BCUT2D eigenvalue weighted by atomic mass is 9.93. The van der Waals surface area contributed by atoms with Crippen molar-refractivity contribution < 1.29 is 19.4 Å². The Kier molecular flexibility index (Phi) is 5.29. The van der Waals surface area contributed by atoms with Crippen LogP contribution in [0.4, 0.5) is 0 Å². The third-order valence-corrected chi connectivity index (χ3v) is 4.16. The summed E-state index contributed by atoms with van der Waals surface area (Å²) < 4.78 is 10.5. The number of rotatable bonds is 6. The lowest BCUT2D eigenvalue weighted by Crippen LogP contribution is -2.11. The molecule has 0 aliphatic rings. The first kappa shape index (κ1) is 17.6. The van der Waals surface area contributed by atoms with Crippen LogP contribution in [-0.2, 0) is 0 Å². The molecule has 2 aromatic carbocycles. The summed E-state index contributed by atoms with van der Waals surface area (Å²) >= 11 is 0. The van der Waals surface area contributed by atoms with Gasteiger partial charge in [0.2, 0.25) is 0 Å². The molecule has 3 rings (SSSR count). The standard InChI is InChI=1S/C21H19NO4/c1-25-15-8-9-19(26-2)17(12-15)21(24)18-13-22-11-10-16(18)20(23)14-6-4-3-5-7-14/h3-13,20,23H,1-2H3. The minimum absolute atomic E-state index is 0.293. The first-order valence-electron chi connectivity index (χ1n) is 8.09. The number of aromatic nitrogens is 1. The van der Waals surface area contributed by atoms with Crippen molar-refractivity contribution in [1.82, 2.24) is 4.98 Å². The molecule has 132 valence electrons. The highest BCUT2D eigenvalue weighted by Crippen LogP contribution is 2.30. The van der Waals surface area contributed by atoms with Crippen molar-refractivity contribution in [2.45, 2.75) is 6.10 Å². The van der Waals surface area contributed by atoms with Gasteiger partial charge in [0.1, 0.15) is 17.6 Å². The minimum atomic E-state index is -0.935. The lowest BCUT2D eigenvalue weighted by Gasteiger charge is -2.16. The average Bonchev–Trinajstić information content (AvgIpc) is 2.72. The van der Waals surface area contributed by atoms with Crippen molar-refractivity contribution in [2.24, 2.45) is 0 Å². The molecule has 1 heterocycles. The number of aliphatic hydroxyl groups is 1. The fourth-order valence-electron chi connectivity index (χ4n) is 2.78. The van der Waals surface area contributed by atoms with E-state index < -0.39 is 6.10 Å². The Hall–Kier alpha value is -3.18. The van der Waals surface area contributed by atoms with Gasteiger partial charge < -0.3 is 14.6 Å². The van der Waals surface area contributed by atoms with Crippen molar-refractivity contribution in [2.75, 3.05) is 14.2 Å². The summed E-state index contributed by atoms with van der Waals surface area (Å²) in [6.07, 6.45) is 2.08. The topological polar surface area (TPSA) is 68.7 Å². The number of ether oxygens (including phenoxy) is 2. The summed E-state index contributed by atoms with van der Waals surface area (Å²) in [5, 5.41) is 10.8. The molecule has 5 nitrogen and oxygen atoms in total. The van der Waals surface area contributed by atoms with Gasteiger partial charge in [0.05, 0.1) is 19.8 Å². The van der Waals surface area contributed by atoms with Crippen LogP contribution >= 0.6 is 0 Å². The highest BCUT2D eigenvalue weighted by Gasteiger charge is 2.22. The van der Waals surface area contributed by atoms with Gasteiger partial charge in [0, 0.05) is 18.0 Å². The fraction of sp³-hybridized carbons (Fsp3) is 0.143. The van der Waals surface area contributed by atoms with Crippen LogP contribution in [0.2, 0.25) is 0 Å². The summed E-state index contributed by atoms with van der Waals surface area (Å²) in [5.74, 6) is 0.682. The van der Waals surface area contributed by atoms with E-state index in [1.165, 1.54) is 20.4 Å². The lowest BCUT2D eigenvalue weighted by molar-refractivity contribution is 0.103. The first-order chi connectivity index (χ1) is 12.7. The molecule has 1 aromatic heterocycles. The van der Waals surface area contributed by atoms with Gasteiger partial charge in [-0.05, 0) is 35.4 Å². The molecule has 0 spiro atoms. The van der Waals surface area contributed by atoms with Crippen molar-refractivity contribution in [3.05, 3.63) is 89.2 Å². The zero-order valence-corrected chi connectivity index (χ0v) is 14.5. The molecule has 0 saturated heterocycles. The number of pyridine rings is 1. The predicted octanol–water partition coefficient (Wildman–Crippen LogP) is 3.41. The number of methoxy groups -OCH3 is 2. The normalized spacial score (nSPS) is 11.7. The Labute approximate surface area is 151 Å². The summed E-state index contributed by atoms with van der Waals surface area (Å²) in [6.45, 7) is 0. The number of ketones is 1. The number of benzene rings is 2. The predicted molar refractivity (Wildman–Crippen MR) is 97.7 cm³/mol. The number of nitrogens with zero attached hydrogens (tertiary/aromatic N) is 1. The molecule has 5 heteroatoms. The Morgan fingerprint density at radius 2 is 1.77 bits per heavy atom. The van der Waals surface area contributed by atoms with Gasteiger partial charge in [-0.25, -0.2) is 0 Å². The number of hydrogen-bond donors (Lipinski definition) is 1. The molecule has 0 aliphatic heterocycles. The molecule has 26 heavy (non-hydrogen) atoms. The minimum Gasteiger partial charge on any atom is -0.497 e. The maximum atomic E-state index is 13.2. The van der Waals surface area contributed by atoms with Crippen LogP contribution in [0.1, 0.15) is 33.2 Å². The molecule has 0 radical (unpaired) electrons. The van der Waals surface area contributed by atoms with E-state index in [0.717, 1.165) is 0 Å². The summed E-state index contributed by atoms with van der Waals surface area (Å²) in [7, 11) is 3.03. The third kappa shape index (κ3) is 3.43. The van der Waals surface area contributed by atoms with Gasteiger partial charge in [-0.3, -0.25) is 9.78 Å². The Morgan fingerprint density at radius 1 is 1.00 bits per heavy atom. The summed E-state index contributed by atoms with van der Waals surface area (Å²) in [5.41, 5.74) is 1.85. The zero-order valence-electron chi connectivity index (χ0n) is 14.5. The van der Waals surface area contributed by atoms with Gasteiger partial charge in [-0.1, -0.05) is 30.3 Å². The molecule has 1 unspecified atom stereocenters. The maximum Gasteiger partial charge on any atom is 0.198 e. The molecule has 0 aliphatic carbocycles. The summed E-state index contributed by atoms with van der Waals surface area (Å²) in [4.78, 5) is 17.2. The molecule has 0 fully saturated rings. The molecule has 0 saturated carbocycles. The van der Waals surface area contributed by atoms with Gasteiger partial charge in [-0.15, -0.1) is 0 Å². The average molecular weight is 349 g/mol. The van der Waals surface area contributed by atoms with E-state index in [1.54, 1.807) is 30.5 Å². The van der Waals surface area contributed by atoms with Gasteiger partial charge in [0.15, 0.2) is 5.78 Å². The SMILES string of the molecule is COc1ccc(OC)c(C(=O)c2cnccc2C(O)c2ccccc2)c1. The number of hydrogen-bond acceptors (Lipinski definition) is 5. The molecule has 1 atom stereocenters. The van der Waals surface area contributed by atoms with Crippen LogP contribution in [0, 0.1) is 0 Å². The fourth-order valence-corrected chi connectivity index (χ4v) is 2.78. The van der Waals surface area contributed by atoms with E-state index in [1.807, 2.05) is 30.3 Å². The number of carbonyl (C=O) groups is 1. The van der Waals surface area contributed by atoms with Crippen LogP contribution in [0.5, 0.6) is 11.5 Å². The Balaban J connectivity index is 2.07. The van der Waals surface area contributed by atoms with Crippen LogP contribution in [0.15, 0.2) is 67.0 Å². The van der Waals surface area contributed by atoms with E-state index in [4.69, 9.17) is 9.47 Å². The van der Waals surface area contributed by atoms with Crippen molar-refractivity contribution in [3.8, 4) is 11.5 Å². The molecular weight excluding hydrogens is 330 g/mol. The second-order valence-corrected chi connectivity index (χ2v) is 5.67. The van der Waals surface area contributed by atoms with Crippen LogP contribution in [0.25, 0.3) is 0 Å². The molecule has 0 bridgehead atoms. The summed E-state index contributed by atoms with van der Waals surface area (Å²) in [6, 6.07) is 15.8. The second kappa shape index (κ2) is 7.80. The maximum absolute atomic E-state index is 13.2. The molecular formula is C21H19NO4. The van der Waals surface area contributed by atoms with Crippen LogP contribution in [0.3, 0.4) is 0 Å². The Morgan fingerprint density at radius 3 is 2.46 bits per heavy atom. The largest absolute Gasteiger partial charge is 0.497 e. The third-order valence-electron chi connectivity index (χ3n) is 4.16. The van der Waals surface area contributed by atoms with E-state index in [-0.39, 0.29) is 5.78 Å². The van der Waals surface area contributed by atoms with Crippen LogP contribution < -0.4 is 9.47 Å². The van der Waals surface area contributed by atoms with E-state index in [9.17, 15) is 9.90 Å². The number of carbonyl (C=O) groups excluding carboxylic acids is 1. The highest BCUT2D eigenvalue weighted by atomic mass is 16.5. The van der Waals surface area contributed by atoms with Crippen molar-refractivity contribution >= 4 is 5.78 Å². The van der Waals surface area contributed by atoms with E-state index >= 15 is 0 Å². The zero-order chi connectivity index (χ0) is 18.5. The van der Waals surface area contributed by atoms with Gasteiger partial charge >= 0.3 is 0 Å². The van der Waals surface area contributed by atoms with Gasteiger partial charge in [0.25, 0.3) is 0 Å².